The first-order valence-corrected chi connectivity index (χ1v) is 4.39. The van der Waals surface area contributed by atoms with Gasteiger partial charge in [0.25, 0.3) is 0 Å². The van der Waals surface area contributed by atoms with Crippen LogP contribution < -0.4 is 0 Å². The van der Waals surface area contributed by atoms with Gasteiger partial charge in [-0.25, -0.2) is 0 Å². The number of carbonyl (C=O) groups is 1. The Morgan fingerprint density at radius 2 is 1.50 bits per heavy atom. The molecule has 0 radical (unpaired) electrons. The smallest absolute Gasteiger partial charge is 0.150 e. The molecule has 0 saturated carbocycles. The summed E-state index contributed by atoms with van der Waals surface area (Å²) in [6.45, 7) is 4.00. The number of hydrogen-bond donors (Lipinski definition) is 1. The van der Waals surface area contributed by atoms with E-state index < -0.39 is 0 Å². The van der Waals surface area contributed by atoms with E-state index in [9.17, 15) is 4.79 Å². The van der Waals surface area contributed by atoms with Crippen molar-refractivity contribution in [1.29, 1.82) is 0 Å². The fourth-order valence-electron chi connectivity index (χ4n) is 0.553. The lowest BCUT2D eigenvalue weighted by molar-refractivity contribution is 0.112. The van der Waals surface area contributed by atoms with Crippen molar-refractivity contribution in [2.75, 3.05) is 14.2 Å². The summed E-state index contributed by atoms with van der Waals surface area (Å²) in [7, 11) is 3.25. The number of methoxy groups -OCH3 is 1. The van der Waals surface area contributed by atoms with Crippen LogP contribution in [0.4, 0.5) is 0 Å². The first kappa shape index (κ1) is 15.1. The largest absolute Gasteiger partial charge is 0.508 e. The third kappa shape index (κ3) is 8.74. The van der Waals surface area contributed by atoms with Gasteiger partial charge in [0.1, 0.15) is 12.0 Å². The number of rotatable bonds is 1. The predicted molar refractivity (Wildman–Crippen MR) is 57.8 cm³/mol. The number of phenols is 1. The van der Waals surface area contributed by atoms with Gasteiger partial charge < -0.3 is 9.84 Å². The second kappa shape index (κ2) is 11.6. The van der Waals surface area contributed by atoms with Crippen molar-refractivity contribution in [3.8, 4) is 5.75 Å². The summed E-state index contributed by atoms with van der Waals surface area (Å²) < 4.78 is 4.25. The van der Waals surface area contributed by atoms with E-state index in [0.717, 1.165) is 6.29 Å². The molecule has 3 heteroatoms. The predicted octanol–water partition coefficient (Wildman–Crippen LogP) is 2.49. The summed E-state index contributed by atoms with van der Waals surface area (Å²) in [4.78, 5) is 10.0. The van der Waals surface area contributed by atoms with E-state index in [-0.39, 0.29) is 5.75 Å². The van der Waals surface area contributed by atoms with Crippen LogP contribution in [0.15, 0.2) is 24.3 Å². The van der Waals surface area contributed by atoms with Crippen LogP contribution in [0.5, 0.6) is 5.75 Å². The van der Waals surface area contributed by atoms with Crippen molar-refractivity contribution in [2.24, 2.45) is 0 Å². The highest BCUT2D eigenvalue weighted by molar-refractivity contribution is 5.74. The molecule has 1 rings (SSSR count). The summed E-state index contributed by atoms with van der Waals surface area (Å²) >= 11 is 0. The van der Waals surface area contributed by atoms with Crippen LogP contribution in [-0.4, -0.2) is 25.6 Å². The van der Waals surface area contributed by atoms with E-state index in [4.69, 9.17) is 5.11 Å². The molecule has 0 amide bonds. The van der Waals surface area contributed by atoms with E-state index in [1.54, 1.807) is 26.4 Å². The Kier molecular flexibility index (Phi) is 12.6. The minimum atomic E-state index is 0.181. The average molecular weight is 198 g/mol. The van der Waals surface area contributed by atoms with Gasteiger partial charge in [0.05, 0.1) is 0 Å². The van der Waals surface area contributed by atoms with Crippen LogP contribution in [0.2, 0.25) is 0 Å². The highest BCUT2D eigenvalue weighted by atomic mass is 16.4. The maximum absolute atomic E-state index is 10.0. The van der Waals surface area contributed by atoms with E-state index >= 15 is 0 Å². The van der Waals surface area contributed by atoms with E-state index in [0.29, 0.717) is 5.56 Å². The summed E-state index contributed by atoms with van der Waals surface area (Å²) in [5.74, 6) is 0.181. The molecular formula is C11H18O3. The van der Waals surface area contributed by atoms with Crippen molar-refractivity contribution in [2.45, 2.75) is 13.8 Å². The molecule has 0 aromatic heterocycles. The number of phenolic OH excluding ortho intramolecular Hbond substituents is 1. The van der Waals surface area contributed by atoms with Crippen LogP contribution in [0, 0.1) is 0 Å². The van der Waals surface area contributed by atoms with Gasteiger partial charge in [0.2, 0.25) is 0 Å². The van der Waals surface area contributed by atoms with Crippen LogP contribution in [0.3, 0.4) is 0 Å². The summed E-state index contributed by atoms with van der Waals surface area (Å²) in [5.41, 5.74) is 0.577. The fraction of sp³-hybridized carbons (Fsp3) is 0.364. The Bertz CT molecular complexity index is 216. The maximum Gasteiger partial charge on any atom is 0.150 e. The second-order valence-electron chi connectivity index (χ2n) is 2.12. The molecule has 80 valence electrons. The van der Waals surface area contributed by atoms with Gasteiger partial charge in [-0.15, -0.1) is 0 Å². The molecule has 0 aliphatic heterocycles. The molecular weight excluding hydrogens is 180 g/mol. The first-order chi connectivity index (χ1) is 6.74. The molecule has 3 nitrogen and oxygen atoms in total. The van der Waals surface area contributed by atoms with Gasteiger partial charge in [-0.05, 0) is 24.3 Å². The number of aldehydes is 1. The quantitative estimate of drug-likeness (QED) is 0.705. The van der Waals surface area contributed by atoms with Gasteiger partial charge in [0.15, 0.2) is 0 Å². The Balaban J connectivity index is 0. The normalized spacial score (nSPS) is 7.43. The number of carbonyl (C=O) groups excluding carboxylic acids is 1. The summed E-state index contributed by atoms with van der Waals surface area (Å²) in [6, 6.07) is 6.07. The Labute approximate surface area is 85.3 Å². The van der Waals surface area contributed by atoms with Gasteiger partial charge in [-0.1, -0.05) is 13.8 Å². The zero-order chi connectivity index (χ0) is 11.4. The van der Waals surface area contributed by atoms with Crippen LogP contribution >= 0.6 is 0 Å². The van der Waals surface area contributed by atoms with Crippen LogP contribution in [-0.2, 0) is 4.74 Å². The van der Waals surface area contributed by atoms with E-state index in [1.807, 2.05) is 13.8 Å². The Morgan fingerprint density at radius 3 is 1.79 bits per heavy atom. The zero-order valence-corrected chi connectivity index (χ0v) is 9.15. The summed E-state index contributed by atoms with van der Waals surface area (Å²) in [6.07, 6.45) is 0.736. The van der Waals surface area contributed by atoms with Gasteiger partial charge >= 0.3 is 0 Å². The molecule has 0 saturated heterocycles. The van der Waals surface area contributed by atoms with Gasteiger partial charge in [0, 0.05) is 19.8 Å². The standard InChI is InChI=1S/C7H6O2.C2H6O.C2H6/c8-5-6-1-3-7(9)4-2-6;1-3-2;1-2/h1-5,9H;1-2H3;1-2H3. The highest BCUT2D eigenvalue weighted by Crippen LogP contribution is 2.07. The minimum absolute atomic E-state index is 0.181. The SMILES string of the molecule is CC.COC.O=Cc1ccc(O)cc1. The Hall–Kier alpha value is -1.35. The molecule has 0 unspecified atom stereocenters. The highest BCUT2D eigenvalue weighted by Gasteiger charge is 1.86. The fourth-order valence-corrected chi connectivity index (χ4v) is 0.553. The number of ether oxygens (including phenoxy) is 1. The molecule has 0 aliphatic carbocycles. The molecule has 1 N–H and O–H groups in total. The summed E-state index contributed by atoms with van der Waals surface area (Å²) in [5, 5.41) is 8.74. The Morgan fingerprint density at radius 1 is 1.14 bits per heavy atom. The number of aromatic hydroxyl groups is 1. The van der Waals surface area contributed by atoms with Gasteiger partial charge in [-0.3, -0.25) is 4.79 Å². The lowest BCUT2D eigenvalue weighted by Gasteiger charge is -1.88. The van der Waals surface area contributed by atoms with Crippen molar-refractivity contribution in [3.05, 3.63) is 29.8 Å². The lowest BCUT2D eigenvalue weighted by Crippen LogP contribution is -1.74. The molecule has 1 aromatic carbocycles. The van der Waals surface area contributed by atoms with Crippen molar-refractivity contribution in [1.82, 2.24) is 0 Å². The van der Waals surface area contributed by atoms with Crippen LogP contribution in [0.1, 0.15) is 24.2 Å². The van der Waals surface area contributed by atoms with E-state index in [2.05, 4.69) is 4.74 Å². The maximum atomic E-state index is 10.0. The number of benzene rings is 1. The molecule has 1 aromatic rings. The second-order valence-corrected chi connectivity index (χ2v) is 2.12. The van der Waals surface area contributed by atoms with Crippen LogP contribution in [0.25, 0.3) is 0 Å². The molecule has 0 fully saturated rings. The van der Waals surface area contributed by atoms with Gasteiger partial charge in [-0.2, -0.15) is 0 Å². The molecule has 0 spiro atoms. The number of hydrogen-bond acceptors (Lipinski definition) is 3. The topological polar surface area (TPSA) is 46.5 Å². The molecule has 0 bridgehead atoms. The van der Waals surface area contributed by atoms with E-state index in [1.165, 1.54) is 12.1 Å². The molecule has 0 heterocycles. The monoisotopic (exact) mass is 198 g/mol. The minimum Gasteiger partial charge on any atom is -0.508 e. The molecule has 0 atom stereocenters. The third-order valence-corrected chi connectivity index (χ3v) is 1.03. The van der Waals surface area contributed by atoms with Crippen molar-refractivity contribution in [3.63, 3.8) is 0 Å². The lowest BCUT2D eigenvalue weighted by atomic mass is 10.2. The first-order valence-electron chi connectivity index (χ1n) is 4.39. The zero-order valence-electron chi connectivity index (χ0n) is 9.15. The van der Waals surface area contributed by atoms with Crippen molar-refractivity contribution >= 4 is 6.29 Å². The van der Waals surface area contributed by atoms with Crippen molar-refractivity contribution < 1.29 is 14.6 Å². The third-order valence-electron chi connectivity index (χ3n) is 1.03. The molecule has 0 aliphatic rings. The molecule has 14 heavy (non-hydrogen) atoms. The average Bonchev–Trinajstić information content (AvgIpc) is 2.23.